The molecule has 0 aromatic heterocycles. The van der Waals surface area contributed by atoms with Gasteiger partial charge in [0.1, 0.15) is 47.7 Å². The summed E-state index contributed by atoms with van der Waals surface area (Å²) in [5.74, 6) is 3.64. The zero-order valence-corrected chi connectivity index (χ0v) is 28.2. The molecular formula is C36H40N2O9S. The first-order valence-electron chi connectivity index (χ1n) is 15.5. The topological polar surface area (TPSA) is 113 Å². The molecule has 0 radical (unpaired) electrons. The zero-order valence-electron chi connectivity index (χ0n) is 27.4. The van der Waals surface area contributed by atoms with Crippen LogP contribution in [0.1, 0.15) is 27.7 Å². The number of hydrogen-bond acceptors (Lipinski definition) is 9. The summed E-state index contributed by atoms with van der Waals surface area (Å²) >= 11 is -2.34. The molecule has 0 fully saturated rings. The van der Waals surface area contributed by atoms with Gasteiger partial charge in [-0.3, -0.25) is 0 Å². The van der Waals surface area contributed by atoms with E-state index in [1.54, 1.807) is 76.2 Å². The molecule has 0 bridgehead atoms. The lowest BCUT2D eigenvalue weighted by atomic mass is 10.3. The van der Waals surface area contributed by atoms with Gasteiger partial charge in [0.2, 0.25) is 11.2 Å². The lowest BCUT2D eigenvalue weighted by Crippen LogP contribution is -2.48. The molecule has 48 heavy (non-hydrogen) atoms. The SMILES string of the molecule is CC(C)OC(=O)N(CCOc1ccc(Oc2ccccc2)cc1)S(=O)N(CCOc1ccc(Oc2ccccc2)cc1)C(=O)OC(C)C. The smallest absolute Gasteiger partial charge is 0.423 e. The standard InChI is InChI=1S/C36H40N2O9S/c1-27(2)44-35(39)37(23-25-42-29-15-19-33(20-16-29)46-31-11-7-5-8-12-31)48(41)38(36(40)45-28(3)4)24-26-43-30-17-21-34(22-18-30)47-32-13-9-6-10-14-32/h5-22,27-28H,23-26H2,1-4H3. The molecule has 0 aliphatic carbocycles. The van der Waals surface area contributed by atoms with E-state index in [0.29, 0.717) is 34.5 Å². The van der Waals surface area contributed by atoms with Crippen molar-refractivity contribution in [2.75, 3.05) is 26.3 Å². The molecule has 254 valence electrons. The maximum atomic E-state index is 13.8. The molecule has 0 N–H and O–H groups in total. The number of amides is 2. The van der Waals surface area contributed by atoms with Crippen LogP contribution in [0.2, 0.25) is 0 Å². The normalized spacial score (nSPS) is 10.8. The minimum Gasteiger partial charge on any atom is -0.492 e. The number of ether oxygens (including phenoxy) is 6. The first kappa shape index (κ1) is 35.6. The summed E-state index contributed by atoms with van der Waals surface area (Å²) in [4.78, 5) is 26.2. The molecule has 0 heterocycles. The first-order valence-corrected chi connectivity index (χ1v) is 16.5. The fourth-order valence-corrected chi connectivity index (χ4v) is 5.10. The highest BCUT2D eigenvalue weighted by atomic mass is 32.2. The fraction of sp³-hybridized carbons (Fsp3) is 0.278. The van der Waals surface area contributed by atoms with E-state index < -0.39 is 35.6 Å². The highest BCUT2D eigenvalue weighted by Gasteiger charge is 2.32. The number of hydrogen-bond donors (Lipinski definition) is 0. The second kappa shape index (κ2) is 18.2. The number of benzene rings is 4. The molecule has 0 saturated carbocycles. The summed E-state index contributed by atoms with van der Waals surface area (Å²) in [5.41, 5.74) is 0. The quantitative estimate of drug-likeness (QED) is 0.116. The molecule has 0 unspecified atom stereocenters. The van der Waals surface area contributed by atoms with Crippen molar-refractivity contribution in [1.82, 2.24) is 8.61 Å². The van der Waals surface area contributed by atoms with E-state index in [0.717, 1.165) is 8.61 Å². The van der Waals surface area contributed by atoms with Gasteiger partial charge in [-0.25, -0.2) is 22.4 Å². The summed E-state index contributed by atoms with van der Waals surface area (Å²) in [6.07, 6.45) is -2.75. The van der Waals surface area contributed by atoms with Gasteiger partial charge in [-0.05, 0) is 100 Å². The number of rotatable bonds is 16. The summed E-state index contributed by atoms with van der Waals surface area (Å²) < 4.78 is 49.6. The van der Waals surface area contributed by atoms with E-state index in [4.69, 9.17) is 28.4 Å². The number of carbonyl (C=O) groups is 2. The molecular weight excluding hydrogens is 636 g/mol. The summed E-state index contributed by atoms with van der Waals surface area (Å²) in [6.45, 7) is 6.28. The van der Waals surface area contributed by atoms with Crippen LogP contribution in [0.3, 0.4) is 0 Å². The molecule has 12 heteroatoms. The Morgan fingerprint density at radius 3 is 1.17 bits per heavy atom. The van der Waals surface area contributed by atoms with Crippen LogP contribution in [-0.2, 0) is 20.6 Å². The number of para-hydroxylation sites is 2. The van der Waals surface area contributed by atoms with Crippen molar-refractivity contribution in [3.63, 3.8) is 0 Å². The monoisotopic (exact) mass is 676 g/mol. The van der Waals surface area contributed by atoms with Crippen LogP contribution >= 0.6 is 0 Å². The molecule has 11 nitrogen and oxygen atoms in total. The maximum absolute atomic E-state index is 13.8. The molecule has 0 aliphatic rings. The van der Waals surface area contributed by atoms with E-state index in [2.05, 4.69) is 0 Å². The Kier molecular flexibility index (Phi) is 13.5. The minimum atomic E-state index is -2.34. The third kappa shape index (κ3) is 11.5. The average Bonchev–Trinajstić information content (AvgIpc) is 3.06. The second-order valence-corrected chi connectivity index (χ2v) is 12.1. The fourth-order valence-electron chi connectivity index (χ4n) is 4.06. The van der Waals surface area contributed by atoms with Crippen LogP contribution < -0.4 is 18.9 Å². The summed E-state index contributed by atoms with van der Waals surface area (Å²) in [7, 11) is 0. The Hall–Kier alpha value is -5.23. The Morgan fingerprint density at radius 2 is 0.833 bits per heavy atom. The van der Waals surface area contributed by atoms with Gasteiger partial charge >= 0.3 is 12.2 Å². The van der Waals surface area contributed by atoms with Gasteiger partial charge < -0.3 is 28.4 Å². The molecule has 0 atom stereocenters. The van der Waals surface area contributed by atoms with Crippen molar-refractivity contribution in [1.29, 1.82) is 0 Å². The van der Waals surface area contributed by atoms with E-state index in [-0.39, 0.29) is 26.3 Å². The van der Waals surface area contributed by atoms with Crippen molar-refractivity contribution in [2.45, 2.75) is 39.9 Å². The number of carbonyl (C=O) groups excluding carboxylic acids is 2. The van der Waals surface area contributed by atoms with Gasteiger partial charge in [0, 0.05) is 0 Å². The third-order valence-electron chi connectivity index (χ3n) is 6.19. The van der Waals surface area contributed by atoms with Gasteiger partial charge in [-0.15, -0.1) is 0 Å². The zero-order chi connectivity index (χ0) is 34.3. The predicted molar refractivity (Wildman–Crippen MR) is 182 cm³/mol. The van der Waals surface area contributed by atoms with Crippen LogP contribution in [0, 0.1) is 0 Å². The molecule has 0 aliphatic heterocycles. The lowest BCUT2D eigenvalue weighted by molar-refractivity contribution is 0.0868. The molecule has 0 spiro atoms. The van der Waals surface area contributed by atoms with Gasteiger partial charge in [0.25, 0.3) is 0 Å². The van der Waals surface area contributed by atoms with Gasteiger partial charge in [0.05, 0.1) is 25.3 Å². The number of nitrogens with zero attached hydrogens (tertiary/aromatic N) is 2. The molecule has 4 aromatic carbocycles. The van der Waals surface area contributed by atoms with Crippen molar-refractivity contribution in [3.8, 4) is 34.5 Å². The van der Waals surface area contributed by atoms with Crippen molar-refractivity contribution >= 4 is 23.4 Å². The summed E-state index contributed by atoms with van der Waals surface area (Å²) in [6, 6.07) is 32.6. The van der Waals surface area contributed by atoms with Crippen LogP contribution in [0.15, 0.2) is 109 Å². The molecule has 4 rings (SSSR count). The average molecular weight is 677 g/mol. The van der Waals surface area contributed by atoms with Crippen LogP contribution in [-0.4, -0.2) is 63.5 Å². The largest absolute Gasteiger partial charge is 0.492 e. The Labute approximate surface area is 283 Å². The highest BCUT2D eigenvalue weighted by Crippen LogP contribution is 2.25. The Balaban J connectivity index is 1.38. The van der Waals surface area contributed by atoms with E-state index in [9.17, 15) is 13.8 Å². The molecule has 4 aromatic rings. The van der Waals surface area contributed by atoms with Crippen LogP contribution in [0.25, 0.3) is 0 Å². The van der Waals surface area contributed by atoms with Gasteiger partial charge in [0.15, 0.2) is 0 Å². The maximum Gasteiger partial charge on any atom is 0.423 e. The highest BCUT2D eigenvalue weighted by molar-refractivity contribution is 7.81. The van der Waals surface area contributed by atoms with Gasteiger partial charge in [-0.1, -0.05) is 36.4 Å². The second-order valence-electron chi connectivity index (χ2n) is 10.8. The Bertz CT molecular complexity index is 1470. The van der Waals surface area contributed by atoms with Gasteiger partial charge in [-0.2, -0.15) is 0 Å². The van der Waals surface area contributed by atoms with E-state index >= 15 is 0 Å². The first-order chi connectivity index (χ1) is 23.2. The van der Waals surface area contributed by atoms with Crippen molar-refractivity contribution in [3.05, 3.63) is 109 Å². The van der Waals surface area contributed by atoms with Crippen molar-refractivity contribution in [2.24, 2.45) is 0 Å². The van der Waals surface area contributed by atoms with Crippen molar-refractivity contribution < 1.29 is 42.2 Å². The molecule has 2 amide bonds. The van der Waals surface area contributed by atoms with E-state index in [1.807, 2.05) is 60.7 Å². The summed E-state index contributed by atoms with van der Waals surface area (Å²) in [5, 5.41) is 0. The predicted octanol–water partition coefficient (Wildman–Crippen LogP) is 8.00. The third-order valence-corrected chi connectivity index (χ3v) is 7.61. The van der Waals surface area contributed by atoms with Crippen LogP contribution in [0.4, 0.5) is 9.59 Å². The Morgan fingerprint density at radius 1 is 0.521 bits per heavy atom. The lowest BCUT2D eigenvalue weighted by Gasteiger charge is -2.28. The molecule has 0 saturated heterocycles. The minimum absolute atomic E-state index is 0.0429. The van der Waals surface area contributed by atoms with E-state index in [1.165, 1.54) is 0 Å². The van der Waals surface area contributed by atoms with Crippen LogP contribution in [0.5, 0.6) is 34.5 Å².